The molecule has 0 atom stereocenters. The normalized spacial score (nSPS) is 18.0. The lowest BCUT2D eigenvalue weighted by Crippen LogP contribution is -2.38. The Labute approximate surface area is 134 Å². The Bertz CT molecular complexity index is 479. The van der Waals surface area contributed by atoms with E-state index in [1.54, 1.807) is 0 Å². The monoisotopic (exact) mass is 305 g/mol. The van der Waals surface area contributed by atoms with Gasteiger partial charge in [0.1, 0.15) is 0 Å². The van der Waals surface area contributed by atoms with Crippen molar-refractivity contribution in [1.82, 2.24) is 5.32 Å². The van der Waals surface area contributed by atoms with Gasteiger partial charge in [-0.25, -0.2) is 0 Å². The maximum absolute atomic E-state index is 6.12. The summed E-state index contributed by atoms with van der Waals surface area (Å²) in [5.41, 5.74) is 2.91. The first-order chi connectivity index (χ1) is 9.94. The third-order valence-electron chi connectivity index (χ3n) is 4.15. The van der Waals surface area contributed by atoms with Crippen molar-refractivity contribution in [3.8, 4) is 0 Å². The highest BCUT2D eigenvalue weighted by molar-refractivity contribution is 6.30. The number of benzene rings is 1. The molecule has 0 aliphatic heterocycles. The van der Waals surface area contributed by atoms with E-state index in [1.165, 1.54) is 43.2 Å². The van der Waals surface area contributed by atoms with Crippen molar-refractivity contribution in [2.75, 3.05) is 6.54 Å². The number of hydrogen-bond acceptors (Lipinski definition) is 1. The first-order valence-corrected chi connectivity index (χ1v) is 8.53. The zero-order chi connectivity index (χ0) is 15.3. The van der Waals surface area contributed by atoms with Crippen LogP contribution in [0.5, 0.6) is 0 Å². The predicted octanol–water partition coefficient (Wildman–Crippen LogP) is 5.69. The fourth-order valence-electron chi connectivity index (χ4n) is 2.96. The van der Waals surface area contributed by atoms with Crippen molar-refractivity contribution in [1.29, 1.82) is 0 Å². The predicted molar refractivity (Wildman–Crippen MR) is 93.8 cm³/mol. The van der Waals surface area contributed by atoms with E-state index in [-0.39, 0.29) is 5.54 Å². The molecule has 0 heterocycles. The van der Waals surface area contributed by atoms with E-state index < -0.39 is 0 Å². The molecule has 1 aromatic carbocycles. The first kappa shape index (κ1) is 16.6. The Balaban J connectivity index is 2.17. The molecule has 0 radical (unpaired) electrons. The van der Waals surface area contributed by atoms with Gasteiger partial charge >= 0.3 is 0 Å². The molecule has 1 nitrogen and oxygen atoms in total. The van der Waals surface area contributed by atoms with Gasteiger partial charge in [-0.15, -0.1) is 0 Å². The Morgan fingerprint density at radius 3 is 2.57 bits per heavy atom. The molecule has 0 amide bonds. The Hall–Kier alpha value is -0.790. The fraction of sp³-hybridized carbons (Fsp3) is 0.579. The smallest absolute Gasteiger partial charge is 0.0411 e. The van der Waals surface area contributed by atoms with Crippen LogP contribution in [0, 0.1) is 5.92 Å². The molecule has 21 heavy (non-hydrogen) atoms. The molecule has 116 valence electrons. The Morgan fingerprint density at radius 2 is 1.95 bits per heavy atom. The lowest BCUT2D eigenvalue weighted by molar-refractivity contribution is 0.378. The van der Waals surface area contributed by atoms with E-state index in [0.717, 1.165) is 17.5 Å². The van der Waals surface area contributed by atoms with Crippen LogP contribution in [-0.4, -0.2) is 12.1 Å². The minimum absolute atomic E-state index is 0.155. The van der Waals surface area contributed by atoms with Crippen LogP contribution >= 0.6 is 11.6 Å². The molecule has 1 N–H and O–H groups in total. The highest BCUT2D eigenvalue weighted by Gasteiger charge is 2.19. The number of rotatable bonds is 4. The number of hydrogen-bond donors (Lipinski definition) is 1. The van der Waals surface area contributed by atoms with Crippen LogP contribution < -0.4 is 5.32 Å². The molecule has 1 saturated carbocycles. The van der Waals surface area contributed by atoms with E-state index in [2.05, 4.69) is 44.3 Å². The topological polar surface area (TPSA) is 12.0 Å². The maximum Gasteiger partial charge on any atom is 0.0411 e. The lowest BCUT2D eigenvalue weighted by Gasteiger charge is -2.28. The van der Waals surface area contributed by atoms with Gasteiger partial charge in [-0.1, -0.05) is 54.6 Å². The van der Waals surface area contributed by atoms with Gasteiger partial charge in [0.05, 0.1) is 0 Å². The molecule has 1 aliphatic carbocycles. The fourth-order valence-corrected chi connectivity index (χ4v) is 3.16. The standard InChI is InChI=1S/C19H28ClN/c1-19(2,3)21-14-17(16-9-5-4-6-10-16)12-15-8-7-11-18(20)13-15/h7-8,11-13,16,21H,4-6,9-10,14H2,1-3H3/b17-12-. The zero-order valence-electron chi connectivity index (χ0n) is 13.6. The minimum Gasteiger partial charge on any atom is -0.308 e. The third kappa shape index (κ3) is 5.84. The molecule has 1 aliphatic rings. The number of halogens is 1. The summed E-state index contributed by atoms with van der Waals surface area (Å²) >= 11 is 6.12. The van der Waals surface area contributed by atoms with E-state index in [9.17, 15) is 0 Å². The quantitative estimate of drug-likeness (QED) is 0.753. The highest BCUT2D eigenvalue weighted by atomic mass is 35.5. The summed E-state index contributed by atoms with van der Waals surface area (Å²) in [6.07, 6.45) is 9.14. The van der Waals surface area contributed by atoms with Crippen LogP contribution in [0.15, 0.2) is 29.8 Å². The maximum atomic E-state index is 6.12. The Morgan fingerprint density at radius 1 is 1.24 bits per heavy atom. The molecule has 2 heteroatoms. The van der Waals surface area contributed by atoms with E-state index in [0.29, 0.717) is 0 Å². The molecule has 0 saturated heterocycles. The molecule has 1 fully saturated rings. The molecule has 0 aromatic heterocycles. The summed E-state index contributed by atoms with van der Waals surface area (Å²) in [6.45, 7) is 7.65. The summed E-state index contributed by atoms with van der Waals surface area (Å²) < 4.78 is 0. The molecule has 0 bridgehead atoms. The molecule has 1 aromatic rings. The van der Waals surface area contributed by atoms with Gasteiger partial charge in [-0.2, -0.15) is 0 Å². The van der Waals surface area contributed by atoms with Crippen molar-refractivity contribution < 1.29 is 0 Å². The first-order valence-electron chi connectivity index (χ1n) is 8.15. The van der Waals surface area contributed by atoms with E-state index in [1.807, 2.05) is 12.1 Å². The molecule has 2 rings (SSSR count). The summed E-state index contributed by atoms with van der Waals surface area (Å²) in [4.78, 5) is 0. The summed E-state index contributed by atoms with van der Waals surface area (Å²) in [6, 6.07) is 8.17. The molecule has 0 spiro atoms. The second kappa shape index (κ2) is 7.47. The average molecular weight is 306 g/mol. The van der Waals surface area contributed by atoms with Gasteiger partial charge in [0.2, 0.25) is 0 Å². The van der Waals surface area contributed by atoms with Gasteiger partial charge in [-0.3, -0.25) is 0 Å². The van der Waals surface area contributed by atoms with Crippen molar-refractivity contribution >= 4 is 17.7 Å². The van der Waals surface area contributed by atoms with Gasteiger partial charge in [0.15, 0.2) is 0 Å². The second-order valence-electron chi connectivity index (χ2n) is 7.21. The van der Waals surface area contributed by atoms with Gasteiger partial charge in [-0.05, 0) is 57.2 Å². The van der Waals surface area contributed by atoms with Crippen LogP contribution in [0.1, 0.15) is 58.4 Å². The van der Waals surface area contributed by atoms with Crippen molar-refractivity contribution in [2.45, 2.75) is 58.4 Å². The molecule has 0 unspecified atom stereocenters. The van der Waals surface area contributed by atoms with E-state index >= 15 is 0 Å². The minimum atomic E-state index is 0.155. The van der Waals surface area contributed by atoms with Gasteiger partial charge in [0, 0.05) is 17.1 Å². The summed E-state index contributed by atoms with van der Waals surface area (Å²) in [7, 11) is 0. The Kier molecular flexibility index (Phi) is 5.89. The largest absolute Gasteiger partial charge is 0.308 e. The van der Waals surface area contributed by atoms with Crippen molar-refractivity contribution in [3.63, 3.8) is 0 Å². The van der Waals surface area contributed by atoms with Crippen LogP contribution in [0.2, 0.25) is 5.02 Å². The van der Waals surface area contributed by atoms with Crippen LogP contribution in [0.3, 0.4) is 0 Å². The van der Waals surface area contributed by atoms with Crippen LogP contribution in [0.25, 0.3) is 6.08 Å². The molecular weight excluding hydrogens is 278 g/mol. The van der Waals surface area contributed by atoms with Gasteiger partial charge < -0.3 is 5.32 Å². The van der Waals surface area contributed by atoms with Crippen molar-refractivity contribution in [2.24, 2.45) is 5.92 Å². The molecular formula is C19H28ClN. The average Bonchev–Trinajstić information content (AvgIpc) is 2.43. The number of nitrogens with one attached hydrogen (secondary N) is 1. The highest BCUT2D eigenvalue weighted by Crippen LogP contribution is 2.31. The van der Waals surface area contributed by atoms with E-state index in [4.69, 9.17) is 11.6 Å². The van der Waals surface area contributed by atoms with Gasteiger partial charge in [0.25, 0.3) is 0 Å². The van der Waals surface area contributed by atoms with Crippen molar-refractivity contribution in [3.05, 3.63) is 40.4 Å². The summed E-state index contributed by atoms with van der Waals surface area (Å²) in [5, 5.41) is 4.47. The summed E-state index contributed by atoms with van der Waals surface area (Å²) in [5.74, 6) is 0.729. The SMILES string of the molecule is CC(C)(C)NC/C(=C/c1cccc(Cl)c1)C1CCCCC1. The third-order valence-corrected chi connectivity index (χ3v) is 4.39. The second-order valence-corrected chi connectivity index (χ2v) is 7.65. The lowest BCUT2D eigenvalue weighted by atomic mass is 9.82. The zero-order valence-corrected chi connectivity index (χ0v) is 14.3. The van der Waals surface area contributed by atoms with Crippen LogP contribution in [0.4, 0.5) is 0 Å². The van der Waals surface area contributed by atoms with Crippen LogP contribution in [-0.2, 0) is 0 Å².